The Morgan fingerprint density at radius 1 is 1.31 bits per heavy atom. The van der Waals surface area contributed by atoms with E-state index in [9.17, 15) is 0 Å². The van der Waals surface area contributed by atoms with E-state index in [0.29, 0.717) is 10.8 Å². The van der Waals surface area contributed by atoms with Gasteiger partial charge in [0, 0.05) is 6.54 Å². The normalized spacial score (nSPS) is 28.8. The summed E-state index contributed by atoms with van der Waals surface area (Å²) in [6.07, 6.45) is 2.71. The largest absolute Gasteiger partial charge is 0.316 e. The van der Waals surface area contributed by atoms with Crippen LogP contribution in [0.1, 0.15) is 47.5 Å². The molecule has 1 heterocycles. The molecule has 1 N–H and O–H groups in total. The van der Waals surface area contributed by atoms with E-state index in [1.54, 1.807) is 0 Å². The monoisotopic (exact) mass is 183 g/mol. The van der Waals surface area contributed by atoms with Crippen LogP contribution in [-0.2, 0) is 0 Å². The number of hydrogen-bond acceptors (Lipinski definition) is 1. The second-order valence-corrected chi connectivity index (χ2v) is 6.42. The van der Waals surface area contributed by atoms with E-state index in [0.717, 1.165) is 5.92 Å². The quantitative estimate of drug-likeness (QED) is 0.659. The highest BCUT2D eigenvalue weighted by atomic mass is 14.9. The first kappa shape index (κ1) is 11.0. The molecule has 0 spiro atoms. The smallest absolute Gasteiger partial charge is 0.000518 e. The van der Waals surface area contributed by atoms with Crippen molar-refractivity contribution in [3.63, 3.8) is 0 Å². The van der Waals surface area contributed by atoms with E-state index < -0.39 is 0 Å². The van der Waals surface area contributed by atoms with Gasteiger partial charge >= 0.3 is 0 Å². The van der Waals surface area contributed by atoms with E-state index in [1.165, 1.54) is 25.9 Å². The first-order valence-corrected chi connectivity index (χ1v) is 5.52. The molecule has 1 aliphatic heterocycles. The molecule has 13 heavy (non-hydrogen) atoms. The Bertz CT molecular complexity index is 164. The Labute approximate surface area is 83.3 Å². The lowest BCUT2D eigenvalue weighted by atomic mass is 9.68. The molecule has 0 aliphatic carbocycles. The van der Waals surface area contributed by atoms with Crippen molar-refractivity contribution in [1.29, 1.82) is 0 Å². The minimum Gasteiger partial charge on any atom is -0.316 e. The lowest BCUT2D eigenvalue weighted by Gasteiger charge is -2.42. The SMILES string of the molecule is CC(C)(C)CC1CCNCC1(C)C. The number of hydrogen-bond donors (Lipinski definition) is 1. The van der Waals surface area contributed by atoms with Crippen LogP contribution in [0.5, 0.6) is 0 Å². The Kier molecular flexibility index (Phi) is 3.06. The molecule has 0 amide bonds. The summed E-state index contributed by atoms with van der Waals surface area (Å²) >= 11 is 0. The Morgan fingerprint density at radius 3 is 2.38 bits per heavy atom. The van der Waals surface area contributed by atoms with Crippen LogP contribution >= 0.6 is 0 Å². The van der Waals surface area contributed by atoms with Crippen LogP contribution in [0, 0.1) is 16.7 Å². The molecule has 0 aromatic heterocycles. The molecular formula is C12H25N. The second-order valence-electron chi connectivity index (χ2n) is 6.42. The Morgan fingerprint density at radius 2 is 1.92 bits per heavy atom. The Balaban J connectivity index is 2.56. The third-order valence-corrected chi connectivity index (χ3v) is 3.21. The van der Waals surface area contributed by atoms with Crippen LogP contribution in [0.2, 0.25) is 0 Å². The number of nitrogens with one attached hydrogen (secondary N) is 1. The van der Waals surface area contributed by atoms with Gasteiger partial charge in [-0.15, -0.1) is 0 Å². The molecule has 0 saturated carbocycles. The predicted octanol–water partition coefficient (Wildman–Crippen LogP) is 3.06. The zero-order valence-electron chi connectivity index (χ0n) is 9.91. The van der Waals surface area contributed by atoms with Gasteiger partial charge in [0.25, 0.3) is 0 Å². The van der Waals surface area contributed by atoms with Gasteiger partial charge in [0.1, 0.15) is 0 Å². The molecule has 0 radical (unpaired) electrons. The fourth-order valence-corrected chi connectivity index (χ4v) is 2.34. The minimum atomic E-state index is 0.485. The summed E-state index contributed by atoms with van der Waals surface area (Å²) in [5.41, 5.74) is 0.977. The molecule has 1 saturated heterocycles. The van der Waals surface area contributed by atoms with Crippen LogP contribution in [0.25, 0.3) is 0 Å². The zero-order chi connectivity index (χ0) is 10.1. The molecule has 1 fully saturated rings. The maximum absolute atomic E-state index is 3.49. The highest BCUT2D eigenvalue weighted by molar-refractivity contribution is 4.87. The molecule has 1 aliphatic rings. The summed E-state index contributed by atoms with van der Waals surface area (Å²) in [6, 6.07) is 0. The number of piperidine rings is 1. The summed E-state index contributed by atoms with van der Waals surface area (Å²) in [5.74, 6) is 0.897. The van der Waals surface area contributed by atoms with Gasteiger partial charge in [0.05, 0.1) is 0 Å². The first-order chi connectivity index (χ1) is 5.81. The molecule has 1 nitrogen and oxygen atoms in total. The molecule has 1 rings (SSSR count). The van der Waals surface area contributed by atoms with Gasteiger partial charge in [0.15, 0.2) is 0 Å². The maximum atomic E-state index is 3.49. The molecule has 0 bridgehead atoms. The van der Waals surface area contributed by atoms with Crippen LogP contribution in [0.15, 0.2) is 0 Å². The summed E-state index contributed by atoms with van der Waals surface area (Å²) in [6.45, 7) is 14.3. The molecule has 1 heteroatoms. The molecule has 0 aromatic carbocycles. The molecule has 1 unspecified atom stereocenters. The summed E-state index contributed by atoms with van der Waals surface area (Å²) in [7, 11) is 0. The molecule has 1 atom stereocenters. The van der Waals surface area contributed by atoms with Gasteiger partial charge in [-0.2, -0.15) is 0 Å². The van der Waals surface area contributed by atoms with Gasteiger partial charge < -0.3 is 5.32 Å². The zero-order valence-corrected chi connectivity index (χ0v) is 9.91. The third kappa shape index (κ3) is 3.30. The van der Waals surface area contributed by atoms with Crippen molar-refractivity contribution in [3.8, 4) is 0 Å². The van der Waals surface area contributed by atoms with E-state index in [-0.39, 0.29) is 0 Å². The number of rotatable bonds is 1. The minimum absolute atomic E-state index is 0.485. The molecule has 78 valence electrons. The van der Waals surface area contributed by atoms with Gasteiger partial charge in [-0.3, -0.25) is 0 Å². The van der Waals surface area contributed by atoms with Crippen LogP contribution in [0.3, 0.4) is 0 Å². The predicted molar refractivity (Wildman–Crippen MR) is 58.8 cm³/mol. The fourth-order valence-electron chi connectivity index (χ4n) is 2.34. The van der Waals surface area contributed by atoms with Gasteiger partial charge in [-0.05, 0) is 36.1 Å². The van der Waals surface area contributed by atoms with Crippen LogP contribution in [0.4, 0.5) is 0 Å². The van der Waals surface area contributed by atoms with Gasteiger partial charge in [-0.1, -0.05) is 34.6 Å². The van der Waals surface area contributed by atoms with E-state index in [4.69, 9.17) is 0 Å². The van der Waals surface area contributed by atoms with Crippen LogP contribution < -0.4 is 5.32 Å². The first-order valence-electron chi connectivity index (χ1n) is 5.52. The highest BCUT2D eigenvalue weighted by Crippen LogP contribution is 2.39. The van der Waals surface area contributed by atoms with E-state index >= 15 is 0 Å². The van der Waals surface area contributed by atoms with Gasteiger partial charge in [0.2, 0.25) is 0 Å². The van der Waals surface area contributed by atoms with Crippen molar-refractivity contribution in [2.24, 2.45) is 16.7 Å². The topological polar surface area (TPSA) is 12.0 Å². The molecular weight excluding hydrogens is 158 g/mol. The van der Waals surface area contributed by atoms with Crippen LogP contribution in [-0.4, -0.2) is 13.1 Å². The summed E-state index contributed by atoms with van der Waals surface area (Å²) in [4.78, 5) is 0. The van der Waals surface area contributed by atoms with Crippen molar-refractivity contribution < 1.29 is 0 Å². The van der Waals surface area contributed by atoms with Crippen molar-refractivity contribution in [2.75, 3.05) is 13.1 Å². The van der Waals surface area contributed by atoms with E-state index in [2.05, 4.69) is 39.9 Å². The standard InChI is InChI=1S/C12H25N/c1-11(2,3)8-10-6-7-13-9-12(10,4)5/h10,13H,6-9H2,1-5H3. The highest BCUT2D eigenvalue weighted by Gasteiger charge is 2.34. The van der Waals surface area contributed by atoms with Crippen molar-refractivity contribution in [1.82, 2.24) is 5.32 Å². The van der Waals surface area contributed by atoms with Crippen molar-refractivity contribution >= 4 is 0 Å². The lowest BCUT2D eigenvalue weighted by molar-refractivity contribution is 0.108. The average molecular weight is 183 g/mol. The average Bonchev–Trinajstić information content (AvgIpc) is 1.91. The summed E-state index contributed by atoms with van der Waals surface area (Å²) in [5, 5.41) is 3.49. The fraction of sp³-hybridized carbons (Fsp3) is 1.00. The summed E-state index contributed by atoms with van der Waals surface area (Å²) < 4.78 is 0. The Hall–Kier alpha value is -0.0400. The molecule has 0 aromatic rings. The van der Waals surface area contributed by atoms with Gasteiger partial charge in [-0.25, -0.2) is 0 Å². The van der Waals surface area contributed by atoms with Crippen molar-refractivity contribution in [2.45, 2.75) is 47.5 Å². The maximum Gasteiger partial charge on any atom is 0.000518 e. The lowest BCUT2D eigenvalue weighted by Crippen LogP contribution is -2.44. The van der Waals surface area contributed by atoms with E-state index in [1.807, 2.05) is 0 Å². The second kappa shape index (κ2) is 3.61. The third-order valence-electron chi connectivity index (χ3n) is 3.21. The van der Waals surface area contributed by atoms with Crippen molar-refractivity contribution in [3.05, 3.63) is 0 Å².